The van der Waals surface area contributed by atoms with E-state index in [2.05, 4.69) is 20.0 Å². The fourth-order valence-corrected chi connectivity index (χ4v) is 0.321. The molecule has 0 bridgehead atoms. The molecule has 0 unspecified atom stereocenters. The predicted octanol–water partition coefficient (Wildman–Crippen LogP) is 1.29. The Balaban J connectivity index is -0.0000000406. The first-order chi connectivity index (χ1) is 5.50. The second-order valence-electron chi connectivity index (χ2n) is 0.962. The second kappa shape index (κ2) is 49.7. The zero-order chi connectivity index (χ0) is 9.54. The summed E-state index contributed by atoms with van der Waals surface area (Å²) in [5.74, 6) is 0. The van der Waals surface area contributed by atoms with Crippen LogP contribution in [0.1, 0.15) is 0 Å². The van der Waals surface area contributed by atoms with Crippen molar-refractivity contribution in [3.8, 4) is 0 Å². The van der Waals surface area contributed by atoms with Crippen molar-refractivity contribution < 1.29 is 31.3 Å². The third-order valence-electron chi connectivity index (χ3n) is 0.556. The molecule has 0 atom stereocenters. The Morgan fingerprint density at radius 1 is 0.750 bits per heavy atom. The van der Waals surface area contributed by atoms with Crippen molar-refractivity contribution in [3.63, 3.8) is 0 Å². The first kappa shape index (κ1) is 22.5. The molecular formula is C8H5CrO3-. The van der Waals surface area contributed by atoms with E-state index in [-0.39, 0.29) is 17.4 Å². The number of hydrogen-bond acceptors (Lipinski definition) is 0. The minimum atomic E-state index is 0. The zero-order valence-electron chi connectivity index (χ0n) is 6.02. The zero-order valence-corrected chi connectivity index (χ0v) is 7.29. The van der Waals surface area contributed by atoms with Gasteiger partial charge < -0.3 is 0 Å². The van der Waals surface area contributed by atoms with Crippen LogP contribution in [0.4, 0.5) is 0 Å². The summed E-state index contributed by atoms with van der Waals surface area (Å²) < 4.78 is 22.5. The maximum absolute atomic E-state index is 7.50. The predicted molar refractivity (Wildman–Crippen MR) is 33.8 cm³/mol. The van der Waals surface area contributed by atoms with Gasteiger partial charge in [0.15, 0.2) is 0 Å². The molecule has 62 valence electrons. The summed E-state index contributed by atoms with van der Waals surface area (Å²) in [4.78, 5) is 0. The molecule has 4 heteroatoms. The molecule has 12 heavy (non-hydrogen) atoms. The van der Waals surface area contributed by atoms with E-state index < -0.39 is 0 Å². The van der Waals surface area contributed by atoms with Crippen molar-refractivity contribution in [2.45, 2.75) is 0 Å². The fraction of sp³-hybridized carbons (Fsp3) is 0. The van der Waals surface area contributed by atoms with Gasteiger partial charge in [-0.2, -0.15) is 18.2 Å². The van der Waals surface area contributed by atoms with Gasteiger partial charge in [0.1, 0.15) is 0 Å². The quantitative estimate of drug-likeness (QED) is 0.448. The smallest absolute Gasteiger partial charge is 0 e. The molecular weight excluding hydrogens is 196 g/mol. The molecule has 0 fully saturated rings. The maximum atomic E-state index is 7.50. The summed E-state index contributed by atoms with van der Waals surface area (Å²) in [6, 6.07) is 10.0. The summed E-state index contributed by atoms with van der Waals surface area (Å²) in [6.07, 6.45) is 0. The van der Waals surface area contributed by atoms with Crippen molar-refractivity contribution in [2.75, 3.05) is 0 Å². The fourth-order valence-electron chi connectivity index (χ4n) is 0.321. The van der Waals surface area contributed by atoms with Crippen LogP contribution in [0.5, 0.6) is 0 Å². The van der Waals surface area contributed by atoms with Crippen LogP contribution in [-0.4, -0.2) is 0 Å². The Morgan fingerprint density at radius 3 is 1.08 bits per heavy atom. The van der Waals surface area contributed by atoms with E-state index in [1.54, 1.807) is 0 Å². The SMILES string of the molecule is [C-]#[O+].[C-]#[O+].[C-]#[O+].[Cr].c1cc[cH-]c1. The van der Waals surface area contributed by atoms with Crippen molar-refractivity contribution in [1.82, 2.24) is 0 Å². The molecule has 0 amide bonds. The Bertz CT molecular complexity index is 142. The van der Waals surface area contributed by atoms with Crippen molar-refractivity contribution in [1.29, 1.82) is 0 Å². The summed E-state index contributed by atoms with van der Waals surface area (Å²) in [5, 5.41) is 0. The van der Waals surface area contributed by atoms with E-state index in [0.717, 1.165) is 0 Å². The Labute approximate surface area is 82.0 Å². The average molecular weight is 201 g/mol. The normalized spacial score (nSPS) is 3.83. The Kier molecular flexibility index (Phi) is 93.1. The van der Waals surface area contributed by atoms with Gasteiger partial charge in [0.2, 0.25) is 0 Å². The van der Waals surface area contributed by atoms with Crippen LogP contribution in [0, 0.1) is 20.0 Å². The van der Waals surface area contributed by atoms with Gasteiger partial charge in [0, 0.05) is 17.4 Å². The Hall–Kier alpha value is -0.898. The van der Waals surface area contributed by atoms with Gasteiger partial charge in [0.05, 0.1) is 0 Å². The molecule has 0 aliphatic rings. The van der Waals surface area contributed by atoms with Gasteiger partial charge >= 0.3 is 33.9 Å². The summed E-state index contributed by atoms with van der Waals surface area (Å²) in [7, 11) is 0. The molecule has 0 radical (unpaired) electrons. The van der Waals surface area contributed by atoms with Crippen molar-refractivity contribution in [3.05, 3.63) is 50.3 Å². The van der Waals surface area contributed by atoms with Crippen molar-refractivity contribution in [2.24, 2.45) is 0 Å². The second-order valence-corrected chi connectivity index (χ2v) is 0.962. The minimum Gasteiger partial charge on any atom is -0.214 e. The average Bonchev–Trinajstić information content (AvgIpc) is 2.71. The first-order valence-corrected chi connectivity index (χ1v) is 2.28. The van der Waals surface area contributed by atoms with E-state index in [9.17, 15) is 0 Å². The summed E-state index contributed by atoms with van der Waals surface area (Å²) in [5.41, 5.74) is 0. The molecule has 1 rings (SSSR count). The molecule has 0 aliphatic carbocycles. The van der Waals surface area contributed by atoms with Crippen LogP contribution in [0.15, 0.2) is 30.3 Å². The standard InChI is InChI=1S/C5H5.3CO.Cr/c1-2-4-5-3-1;3*1-2;/h1-5H;;;;/q-1;;;;. The van der Waals surface area contributed by atoms with Gasteiger partial charge in [-0.05, 0) is 0 Å². The van der Waals surface area contributed by atoms with Gasteiger partial charge in [-0.3, -0.25) is 0 Å². The Morgan fingerprint density at radius 2 is 1.00 bits per heavy atom. The molecule has 3 nitrogen and oxygen atoms in total. The van der Waals surface area contributed by atoms with Crippen LogP contribution < -0.4 is 0 Å². The largest absolute Gasteiger partial charge is 0.214 e. The summed E-state index contributed by atoms with van der Waals surface area (Å²) >= 11 is 0. The van der Waals surface area contributed by atoms with Crippen LogP contribution in [-0.2, 0) is 31.3 Å². The van der Waals surface area contributed by atoms with Crippen molar-refractivity contribution >= 4 is 0 Å². The number of rotatable bonds is 0. The molecule has 1 aromatic carbocycles. The van der Waals surface area contributed by atoms with E-state index in [0.29, 0.717) is 0 Å². The van der Waals surface area contributed by atoms with Gasteiger partial charge in [-0.25, -0.2) is 12.1 Å². The van der Waals surface area contributed by atoms with Gasteiger partial charge in [-0.15, -0.1) is 0 Å². The van der Waals surface area contributed by atoms with E-state index in [1.807, 2.05) is 30.3 Å². The van der Waals surface area contributed by atoms with Gasteiger partial charge in [0.25, 0.3) is 0 Å². The molecule has 0 saturated heterocycles. The van der Waals surface area contributed by atoms with Crippen LogP contribution in [0.3, 0.4) is 0 Å². The minimum absolute atomic E-state index is 0. The maximum Gasteiger partial charge on any atom is 0 e. The third-order valence-corrected chi connectivity index (χ3v) is 0.556. The first-order valence-electron chi connectivity index (χ1n) is 2.28. The van der Waals surface area contributed by atoms with Crippen LogP contribution >= 0.6 is 0 Å². The monoisotopic (exact) mass is 201 g/mol. The van der Waals surface area contributed by atoms with Gasteiger partial charge in [-0.1, -0.05) is 0 Å². The molecule has 0 N–H and O–H groups in total. The topological polar surface area (TPSA) is 59.7 Å². The molecule has 0 aromatic heterocycles. The number of hydrogen-bond donors (Lipinski definition) is 0. The molecule has 0 heterocycles. The van der Waals surface area contributed by atoms with Crippen LogP contribution in [0.25, 0.3) is 0 Å². The third kappa shape index (κ3) is 35.5. The van der Waals surface area contributed by atoms with Crippen LogP contribution in [0.2, 0.25) is 0 Å². The molecule has 0 saturated carbocycles. The summed E-state index contributed by atoms with van der Waals surface area (Å²) in [6.45, 7) is 13.5. The molecule has 0 aliphatic heterocycles. The van der Waals surface area contributed by atoms with E-state index in [4.69, 9.17) is 14.0 Å². The van der Waals surface area contributed by atoms with E-state index >= 15 is 0 Å². The van der Waals surface area contributed by atoms with E-state index in [1.165, 1.54) is 0 Å². The molecule has 1 aromatic rings. The molecule has 0 spiro atoms.